The summed E-state index contributed by atoms with van der Waals surface area (Å²) in [5.74, 6) is 0. The van der Waals surface area contributed by atoms with Gasteiger partial charge in [0.1, 0.15) is 0 Å². The van der Waals surface area contributed by atoms with Gasteiger partial charge < -0.3 is 33.0 Å². The summed E-state index contributed by atoms with van der Waals surface area (Å²) in [6.45, 7) is 0. The minimum absolute atomic E-state index is 0. The van der Waals surface area contributed by atoms with Crippen molar-refractivity contribution < 1.29 is 55.3 Å². The molecule has 0 fully saturated rings. The van der Waals surface area contributed by atoms with Crippen molar-refractivity contribution in [3.63, 3.8) is 0 Å². The summed E-state index contributed by atoms with van der Waals surface area (Å²) >= 11 is 0. The van der Waals surface area contributed by atoms with Crippen LogP contribution in [-0.4, -0.2) is 138 Å². The van der Waals surface area contributed by atoms with Crippen molar-refractivity contribution in [1.82, 2.24) is 0 Å². The second kappa shape index (κ2) is 10.9. The Hall–Kier alpha value is 4.19. The zero-order valence-corrected chi connectivity index (χ0v) is 17.0. The zero-order chi connectivity index (χ0) is 10.9. The Morgan fingerprint density at radius 3 is 1.00 bits per heavy atom. The number of hydrogen-bond donors (Lipinski definition) is 5. The van der Waals surface area contributed by atoms with Crippen LogP contribution >= 0.6 is 23.5 Å². The first-order valence-corrected chi connectivity index (χ1v) is 6.83. The van der Waals surface area contributed by atoms with Crippen LogP contribution in [0.15, 0.2) is 0 Å². The number of phosphoric acid groups is 3. The molecular formula is H11Ca3O10P3. The summed E-state index contributed by atoms with van der Waals surface area (Å²) in [4.78, 5) is 40.2. The van der Waals surface area contributed by atoms with Gasteiger partial charge in [0.15, 0.2) is 0 Å². The van der Waals surface area contributed by atoms with E-state index in [1.165, 1.54) is 0 Å². The molecule has 0 spiro atoms. The van der Waals surface area contributed by atoms with E-state index in [0.717, 1.165) is 0 Å². The molecule has 16 heteroatoms. The molecular weight excluding hydrogens is 373 g/mol. The molecule has 0 aromatic rings. The molecule has 0 aromatic carbocycles. The van der Waals surface area contributed by atoms with Crippen molar-refractivity contribution in [1.29, 1.82) is 0 Å². The fourth-order valence-corrected chi connectivity index (χ4v) is 2.82. The molecule has 0 aromatic heterocycles. The summed E-state index contributed by atoms with van der Waals surface area (Å²) in [5, 5.41) is 0. The standard InChI is InChI=1S/3Ca.H5O10P3.6H/c;;;1-11(2,3)9-13(7,8)10-12(4,5)6;;;;;;/h;;;(H,7,8)(H2,1,2,3)(H2,4,5,6);;;;;;/q3*+2;;6*-1. The molecule has 10 nitrogen and oxygen atoms in total. The maximum atomic E-state index is 10.4. The predicted molar refractivity (Wildman–Crippen MR) is 60.0 cm³/mol. The van der Waals surface area contributed by atoms with Crippen LogP contribution in [-0.2, 0) is 22.3 Å². The van der Waals surface area contributed by atoms with Crippen LogP contribution in [0.4, 0.5) is 0 Å². The summed E-state index contributed by atoms with van der Waals surface area (Å²) in [7, 11) is -16.2. The molecule has 16 heavy (non-hydrogen) atoms. The molecule has 92 valence electrons. The molecule has 0 unspecified atom stereocenters. The van der Waals surface area contributed by atoms with Gasteiger partial charge in [0.05, 0.1) is 0 Å². The molecule has 0 atom stereocenters. The first-order valence-electron chi connectivity index (χ1n) is 2.28. The van der Waals surface area contributed by atoms with Crippen molar-refractivity contribution in [2.24, 2.45) is 0 Å². The second-order valence-electron chi connectivity index (χ2n) is 1.61. The van der Waals surface area contributed by atoms with Crippen molar-refractivity contribution in [3.8, 4) is 0 Å². The van der Waals surface area contributed by atoms with Gasteiger partial charge >= 0.3 is 137 Å². The van der Waals surface area contributed by atoms with E-state index in [4.69, 9.17) is 24.5 Å². The first kappa shape index (κ1) is 28.4. The third kappa shape index (κ3) is 20.5. The van der Waals surface area contributed by atoms with Crippen LogP contribution < -0.4 is 0 Å². The van der Waals surface area contributed by atoms with E-state index in [0.29, 0.717) is 0 Å². The van der Waals surface area contributed by atoms with Crippen LogP contribution in [0.3, 0.4) is 0 Å². The Morgan fingerprint density at radius 2 is 0.875 bits per heavy atom. The van der Waals surface area contributed by atoms with E-state index < -0.39 is 23.5 Å². The van der Waals surface area contributed by atoms with Gasteiger partial charge in [-0.15, -0.1) is 0 Å². The molecule has 0 rings (SSSR count). The zero-order valence-electron chi connectivity index (χ0n) is 13.7. The Balaban J connectivity index is -0.0000000200. The van der Waals surface area contributed by atoms with Gasteiger partial charge in [-0.05, 0) is 0 Å². The van der Waals surface area contributed by atoms with E-state index in [-0.39, 0.29) is 122 Å². The minimum Gasteiger partial charge on any atom is -1.00 e. The van der Waals surface area contributed by atoms with E-state index in [9.17, 15) is 13.7 Å². The van der Waals surface area contributed by atoms with E-state index in [1.807, 2.05) is 0 Å². The molecule has 0 aliphatic rings. The molecule has 5 N–H and O–H groups in total. The molecule has 0 heterocycles. The third-order valence-electron chi connectivity index (χ3n) is 0.419. The van der Waals surface area contributed by atoms with Crippen molar-refractivity contribution >= 4 is 137 Å². The summed E-state index contributed by atoms with van der Waals surface area (Å²) in [6, 6.07) is 0. The molecule has 0 aliphatic carbocycles. The SMILES string of the molecule is O=P(O)(O)OP(=O)(O)OP(=O)(O)O.[Ca+2].[Ca+2].[Ca+2].[H-].[H-].[H-].[H-].[H-].[H-]. The van der Waals surface area contributed by atoms with E-state index in [1.54, 1.807) is 0 Å². The Bertz CT molecular complexity index is 302. The Morgan fingerprint density at radius 1 is 0.688 bits per heavy atom. The normalized spacial score (nSPS) is 11.8. The van der Waals surface area contributed by atoms with Gasteiger partial charge in [-0.3, -0.25) is 0 Å². The average molecular weight is 384 g/mol. The fraction of sp³-hybridized carbons (Fsp3) is 0. The largest absolute Gasteiger partial charge is 2.00 e. The van der Waals surface area contributed by atoms with Gasteiger partial charge in [-0.1, -0.05) is 0 Å². The van der Waals surface area contributed by atoms with E-state index >= 15 is 0 Å². The topological polar surface area (TPSA) is 171 Å². The first-order chi connectivity index (χ1) is 5.41. The summed E-state index contributed by atoms with van der Waals surface area (Å²) in [5.41, 5.74) is 0. The molecule has 0 saturated heterocycles. The van der Waals surface area contributed by atoms with Gasteiger partial charge in [0.2, 0.25) is 0 Å². The van der Waals surface area contributed by atoms with Gasteiger partial charge in [-0.2, -0.15) is 8.62 Å². The quantitative estimate of drug-likeness (QED) is 0.294. The fourth-order valence-electron chi connectivity index (χ4n) is 0.284. The monoisotopic (exact) mass is 384 g/mol. The molecule has 0 bridgehead atoms. The van der Waals surface area contributed by atoms with Crippen molar-refractivity contribution in [2.75, 3.05) is 0 Å². The average Bonchev–Trinajstić information content (AvgIpc) is 1.43. The maximum Gasteiger partial charge on any atom is 2.00 e. The number of rotatable bonds is 4. The van der Waals surface area contributed by atoms with E-state index in [2.05, 4.69) is 8.62 Å². The molecule has 0 radical (unpaired) electrons. The smallest absolute Gasteiger partial charge is 1.00 e. The second-order valence-corrected chi connectivity index (χ2v) is 5.82. The van der Waals surface area contributed by atoms with Crippen molar-refractivity contribution in [3.05, 3.63) is 0 Å². The van der Waals surface area contributed by atoms with Gasteiger partial charge in [-0.25, -0.2) is 13.7 Å². The third-order valence-corrected chi connectivity index (χ3v) is 3.77. The minimum atomic E-state index is -5.46. The van der Waals surface area contributed by atoms with Crippen LogP contribution in [0.25, 0.3) is 0 Å². The van der Waals surface area contributed by atoms with Gasteiger partial charge in [0, 0.05) is 0 Å². The molecule has 0 aliphatic heterocycles. The number of hydrogen-bond acceptors (Lipinski definition) is 5. The van der Waals surface area contributed by atoms with Crippen LogP contribution in [0.2, 0.25) is 0 Å². The molecule has 0 amide bonds. The van der Waals surface area contributed by atoms with Crippen LogP contribution in [0.5, 0.6) is 0 Å². The van der Waals surface area contributed by atoms with Gasteiger partial charge in [0.25, 0.3) is 0 Å². The Kier molecular flexibility index (Phi) is 19.2. The van der Waals surface area contributed by atoms with Crippen LogP contribution in [0.1, 0.15) is 8.56 Å². The summed E-state index contributed by atoms with van der Waals surface area (Å²) < 4.78 is 36.4. The van der Waals surface area contributed by atoms with Crippen molar-refractivity contribution in [2.45, 2.75) is 0 Å². The maximum absolute atomic E-state index is 10.4. The Labute approximate surface area is 188 Å². The summed E-state index contributed by atoms with van der Waals surface area (Å²) in [6.07, 6.45) is 0. The molecule has 0 saturated carbocycles. The predicted octanol–water partition coefficient (Wildman–Crippen LogP) is -1.16. The van der Waals surface area contributed by atoms with Crippen LogP contribution in [0, 0.1) is 0 Å².